The first-order chi connectivity index (χ1) is 14.9. The van der Waals surface area contributed by atoms with Gasteiger partial charge in [0.15, 0.2) is 11.6 Å². The molecule has 2 amide bonds. The number of nitrogens with zero attached hydrogens (tertiary/aromatic N) is 2. The summed E-state index contributed by atoms with van der Waals surface area (Å²) in [6.45, 7) is 9.90. The standard InChI is InChI=1S/C11H17NO5.C10H15NO5/c1-11(2,3)17-10(15)12-6-7(13)5-8(12)9(14)16-4;1-10(2,3)16-9(15)11-5-6(12)4-7(11)8(13)14/h8H,5-6H2,1-4H3;7H,4-5H2,1-3H3,(H,13,14). The predicted octanol–water partition coefficient (Wildman–Crippen LogP) is 1.39. The van der Waals surface area contributed by atoms with Crippen molar-refractivity contribution in [2.45, 2.75) is 77.7 Å². The molecule has 0 spiro atoms. The summed E-state index contributed by atoms with van der Waals surface area (Å²) in [6.07, 6.45) is -1.58. The summed E-state index contributed by atoms with van der Waals surface area (Å²) in [6, 6.07) is -1.95. The molecule has 2 atom stereocenters. The number of ketones is 2. The highest BCUT2D eigenvalue weighted by molar-refractivity contribution is 5.96. The van der Waals surface area contributed by atoms with Crippen molar-refractivity contribution in [3.63, 3.8) is 0 Å². The van der Waals surface area contributed by atoms with Gasteiger partial charge in [-0.3, -0.25) is 19.4 Å². The molecule has 12 heteroatoms. The maximum atomic E-state index is 11.8. The Morgan fingerprint density at radius 1 is 0.788 bits per heavy atom. The zero-order valence-corrected chi connectivity index (χ0v) is 20.0. The average molecular weight is 472 g/mol. The Bertz CT molecular complexity index is 809. The van der Waals surface area contributed by atoms with E-state index in [2.05, 4.69) is 4.74 Å². The van der Waals surface area contributed by atoms with Crippen molar-refractivity contribution in [2.24, 2.45) is 0 Å². The first kappa shape index (κ1) is 27.9. The van der Waals surface area contributed by atoms with Crippen LogP contribution in [0.4, 0.5) is 9.59 Å². The lowest BCUT2D eigenvalue weighted by Gasteiger charge is -2.26. The lowest BCUT2D eigenvalue weighted by molar-refractivity contribution is -0.146. The van der Waals surface area contributed by atoms with E-state index >= 15 is 0 Å². The molecule has 0 aromatic rings. The van der Waals surface area contributed by atoms with Gasteiger partial charge in [-0.1, -0.05) is 0 Å². The van der Waals surface area contributed by atoms with E-state index in [1.165, 1.54) is 7.11 Å². The largest absolute Gasteiger partial charge is 0.480 e. The zero-order valence-electron chi connectivity index (χ0n) is 20.0. The minimum atomic E-state index is -1.18. The van der Waals surface area contributed by atoms with Gasteiger partial charge in [0.25, 0.3) is 0 Å². The van der Waals surface area contributed by atoms with Crippen LogP contribution in [0.15, 0.2) is 0 Å². The molecule has 0 aromatic carbocycles. The summed E-state index contributed by atoms with van der Waals surface area (Å²) in [5.74, 6) is -2.22. The molecule has 2 aliphatic rings. The van der Waals surface area contributed by atoms with Gasteiger partial charge in [0.05, 0.1) is 20.2 Å². The minimum Gasteiger partial charge on any atom is -0.480 e. The van der Waals surface area contributed by atoms with Crippen LogP contribution < -0.4 is 0 Å². The third kappa shape index (κ3) is 8.70. The van der Waals surface area contributed by atoms with E-state index in [1.54, 1.807) is 41.5 Å². The van der Waals surface area contributed by atoms with Gasteiger partial charge in [-0.2, -0.15) is 0 Å². The summed E-state index contributed by atoms with van der Waals surface area (Å²) in [7, 11) is 1.22. The number of carbonyl (C=O) groups excluding carboxylic acids is 5. The smallest absolute Gasteiger partial charge is 0.411 e. The Kier molecular flexibility index (Phi) is 8.97. The second kappa shape index (κ2) is 10.6. The number of aliphatic carboxylic acids is 1. The summed E-state index contributed by atoms with van der Waals surface area (Å²) in [5.41, 5.74) is -1.37. The topological polar surface area (TPSA) is 157 Å². The quantitative estimate of drug-likeness (QED) is 0.460. The van der Waals surface area contributed by atoms with Crippen LogP contribution >= 0.6 is 0 Å². The van der Waals surface area contributed by atoms with E-state index in [9.17, 15) is 28.8 Å². The van der Waals surface area contributed by atoms with Crippen LogP contribution in [0.3, 0.4) is 0 Å². The van der Waals surface area contributed by atoms with Gasteiger partial charge in [-0.25, -0.2) is 19.2 Å². The Morgan fingerprint density at radius 2 is 1.15 bits per heavy atom. The number of carboxylic acids is 1. The Hall–Kier alpha value is -3.18. The highest BCUT2D eigenvalue weighted by atomic mass is 16.6. The number of esters is 1. The van der Waals surface area contributed by atoms with Crippen molar-refractivity contribution in [2.75, 3.05) is 20.2 Å². The molecule has 2 unspecified atom stereocenters. The van der Waals surface area contributed by atoms with Crippen LogP contribution in [0.1, 0.15) is 54.4 Å². The first-order valence-electron chi connectivity index (χ1n) is 10.3. The number of likely N-dealkylation sites (tertiary alicyclic amines) is 2. The summed E-state index contributed by atoms with van der Waals surface area (Å²) >= 11 is 0. The predicted molar refractivity (Wildman–Crippen MR) is 112 cm³/mol. The van der Waals surface area contributed by atoms with E-state index in [4.69, 9.17) is 14.6 Å². The second-order valence-corrected chi connectivity index (χ2v) is 9.60. The molecule has 33 heavy (non-hydrogen) atoms. The Labute approximate surface area is 192 Å². The molecule has 2 heterocycles. The molecule has 2 fully saturated rings. The summed E-state index contributed by atoms with van der Waals surface area (Å²) in [5, 5.41) is 8.85. The number of Topliss-reactive ketones (excluding diaryl/α,β-unsaturated/α-hetero) is 2. The number of ether oxygens (including phenoxy) is 3. The number of carbonyl (C=O) groups is 6. The minimum absolute atomic E-state index is 0.00802. The third-order valence-corrected chi connectivity index (χ3v) is 4.30. The van der Waals surface area contributed by atoms with Crippen molar-refractivity contribution in [1.82, 2.24) is 9.80 Å². The van der Waals surface area contributed by atoms with Gasteiger partial charge < -0.3 is 19.3 Å². The molecule has 2 saturated heterocycles. The summed E-state index contributed by atoms with van der Waals surface area (Å²) < 4.78 is 14.7. The van der Waals surface area contributed by atoms with Gasteiger partial charge in [0.2, 0.25) is 0 Å². The maximum Gasteiger partial charge on any atom is 0.411 e. The van der Waals surface area contributed by atoms with E-state index in [1.807, 2.05) is 0 Å². The summed E-state index contributed by atoms with van der Waals surface area (Å²) in [4.78, 5) is 70.1. The van der Waals surface area contributed by atoms with E-state index in [0.29, 0.717) is 0 Å². The lowest BCUT2D eigenvalue weighted by atomic mass is 10.2. The number of hydrogen-bond acceptors (Lipinski definition) is 9. The van der Waals surface area contributed by atoms with Crippen LogP contribution in [0, 0.1) is 0 Å². The van der Waals surface area contributed by atoms with Crippen LogP contribution in [-0.4, -0.2) is 94.1 Å². The van der Waals surface area contributed by atoms with Crippen molar-refractivity contribution in [3.05, 3.63) is 0 Å². The molecule has 0 radical (unpaired) electrons. The fourth-order valence-corrected chi connectivity index (χ4v) is 2.97. The van der Waals surface area contributed by atoms with Crippen LogP contribution in [0.5, 0.6) is 0 Å². The number of methoxy groups -OCH3 is 1. The van der Waals surface area contributed by atoms with Crippen molar-refractivity contribution in [3.8, 4) is 0 Å². The third-order valence-electron chi connectivity index (χ3n) is 4.30. The van der Waals surface area contributed by atoms with Gasteiger partial charge >= 0.3 is 24.1 Å². The molecule has 0 bridgehead atoms. The van der Waals surface area contributed by atoms with Crippen molar-refractivity contribution in [1.29, 1.82) is 0 Å². The van der Waals surface area contributed by atoms with E-state index < -0.39 is 47.4 Å². The normalized spacial score (nSPS) is 20.7. The zero-order chi connectivity index (χ0) is 25.7. The Morgan fingerprint density at radius 3 is 1.48 bits per heavy atom. The number of hydrogen-bond donors (Lipinski definition) is 1. The highest BCUT2D eigenvalue weighted by Crippen LogP contribution is 2.20. The highest BCUT2D eigenvalue weighted by Gasteiger charge is 2.42. The van der Waals surface area contributed by atoms with Crippen LogP contribution in [0.2, 0.25) is 0 Å². The molecular formula is C21H32N2O10. The SMILES string of the molecule is CC(C)(C)OC(=O)N1CC(=O)CC1C(=O)O.COC(=O)C1CC(=O)CN1C(=O)OC(C)(C)C. The molecular weight excluding hydrogens is 440 g/mol. The van der Waals surface area contributed by atoms with Gasteiger partial charge in [0.1, 0.15) is 23.3 Å². The van der Waals surface area contributed by atoms with Crippen LogP contribution in [-0.2, 0) is 33.4 Å². The van der Waals surface area contributed by atoms with Gasteiger partial charge in [-0.05, 0) is 41.5 Å². The van der Waals surface area contributed by atoms with Gasteiger partial charge in [-0.15, -0.1) is 0 Å². The fraction of sp³-hybridized carbons (Fsp3) is 0.714. The van der Waals surface area contributed by atoms with Gasteiger partial charge in [0, 0.05) is 12.8 Å². The second-order valence-electron chi connectivity index (χ2n) is 9.60. The molecule has 2 aliphatic heterocycles. The molecule has 0 aromatic heterocycles. The molecule has 2 rings (SSSR count). The maximum absolute atomic E-state index is 11.8. The number of rotatable bonds is 2. The van der Waals surface area contributed by atoms with E-state index in [-0.39, 0.29) is 37.5 Å². The number of carboxylic acid groups (broad SMARTS) is 1. The Balaban J connectivity index is 0.000000331. The monoisotopic (exact) mass is 472 g/mol. The average Bonchev–Trinajstić information content (AvgIpc) is 3.22. The van der Waals surface area contributed by atoms with Crippen LogP contribution in [0.25, 0.3) is 0 Å². The fourth-order valence-electron chi connectivity index (χ4n) is 2.97. The lowest BCUT2D eigenvalue weighted by Crippen LogP contribution is -2.43. The first-order valence-corrected chi connectivity index (χ1v) is 10.3. The molecule has 186 valence electrons. The molecule has 1 N–H and O–H groups in total. The van der Waals surface area contributed by atoms with Crippen molar-refractivity contribution >= 4 is 35.7 Å². The van der Waals surface area contributed by atoms with Crippen molar-refractivity contribution < 1.29 is 48.1 Å². The molecule has 0 aliphatic carbocycles. The number of amides is 2. The molecule has 0 saturated carbocycles. The molecule has 12 nitrogen and oxygen atoms in total. The van der Waals surface area contributed by atoms with E-state index in [0.717, 1.165) is 9.80 Å².